The Labute approximate surface area is 145 Å². The van der Waals surface area contributed by atoms with Gasteiger partial charge in [-0.2, -0.15) is 0 Å². The minimum absolute atomic E-state index is 0.102. The molecule has 1 aliphatic heterocycles. The lowest BCUT2D eigenvalue weighted by molar-refractivity contribution is -0.120. The molecule has 0 bridgehead atoms. The average Bonchev–Trinajstić information content (AvgIpc) is 3.27. The number of oxime groups is 1. The molecule has 1 amide bonds. The Morgan fingerprint density at radius 1 is 1.38 bits per heavy atom. The van der Waals surface area contributed by atoms with E-state index in [1.165, 1.54) is 18.5 Å². The number of thiophene rings is 1. The molecule has 0 unspecified atom stereocenters. The van der Waals surface area contributed by atoms with Crippen molar-refractivity contribution in [2.24, 2.45) is 5.16 Å². The molecule has 2 heterocycles. The summed E-state index contributed by atoms with van der Waals surface area (Å²) in [5, 5.41) is 8.63. The predicted molar refractivity (Wildman–Crippen MR) is 99.1 cm³/mol. The minimum atomic E-state index is -0.213. The topological polar surface area (TPSA) is 53.9 Å². The molecule has 1 N–H and O–H groups in total. The zero-order chi connectivity index (χ0) is 16.8. The monoisotopic (exact) mass is 343 g/mol. The van der Waals surface area contributed by atoms with E-state index < -0.39 is 0 Å². The molecule has 0 radical (unpaired) electrons. The number of nitrogens with one attached hydrogen (secondary N) is 1. The molecule has 1 aromatic heterocycles. The van der Waals surface area contributed by atoms with Gasteiger partial charge in [0.05, 0.1) is 6.21 Å². The van der Waals surface area contributed by atoms with Gasteiger partial charge in [-0.05, 0) is 55.0 Å². The van der Waals surface area contributed by atoms with Gasteiger partial charge >= 0.3 is 0 Å². The van der Waals surface area contributed by atoms with Gasteiger partial charge in [-0.1, -0.05) is 11.2 Å². The van der Waals surface area contributed by atoms with Gasteiger partial charge in [0.1, 0.15) is 0 Å². The molecular weight excluding hydrogens is 322 g/mol. The molecule has 126 valence electrons. The minimum Gasteiger partial charge on any atom is -0.386 e. The molecular formula is C18H21N3O2S. The van der Waals surface area contributed by atoms with Crippen LogP contribution in [0.1, 0.15) is 23.3 Å². The second-order valence-corrected chi connectivity index (χ2v) is 6.74. The maximum atomic E-state index is 11.9. The van der Waals surface area contributed by atoms with E-state index >= 15 is 0 Å². The van der Waals surface area contributed by atoms with Gasteiger partial charge in [0.2, 0.25) is 0 Å². The number of nitrogens with zero attached hydrogens (tertiary/aromatic N) is 2. The van der Waals surface area contributed by atoms with Gasteiger partial charge < -0.3 is 15.1 Å². The molecule has 3 rings (SSSR count). The first-order chi connectivity index (χ1) is 11.7. The van der Waals surface area contributed by atoms with Crippen molar-refractivity contribution >= 4 is 34.8 Å². The number of rotatable bonds is 6. The van der Waals surface area contributed by atoms with E-state index in [-0.39, 0.29) is 12.5 Å². The van der Waals surface area contributed by atoms with Crippen molar-refractivity contribution in [1.82, 2.24) is 0 Å². The molecule has 5 nitrogen and oxygen atoms in total. The molecule has 6 heteroatoms. The van der Waals surface area contributed by atoms with Crippen LogP contribution in [0.2, 0.25) is 0 Å². The molecule has 1 fully saturated rings. The van der Waals surface area contributed by atoms with E-state index in [1.54, 1.807) is 17.6 Å². The Hall–Kier alpha value is -2.34. The lowest BCUT2D eigenvalue weighted by Crippen LogP contribution is -2.19. The Balaban J connectivity index is 1.50. The zero-order valence-electron chi connectivity index (χ0n) is 13.7. The summed E-state index contributed by atoms with van der Waals surface area (Å²) in [5.41, 5.74) is 3.09. The van der Waals surface area contributed by atoms with Crippen LogP contribution >= 0.6 is 11.3 Å². The fourth-order valence-corrected chi connectivity index (χ4v) is 3.27. The smallest absolute Gasteiger partial charge is 0.265 e. The van der Waals surface area contributed by atoms with Crippen LogP contribution < -0.4 is 10.2 Å². The van der Waals surface area contributed by atoms with Crippen molar-refractivity contribution in [2.75, 3.05) is 29.9 Å². The average molecular weight is 343 g/mol. The van der Waals surface area contributed by atoms with Crippen LogP contribution in [0.15, 0.2) is 40.9 Å². The van der Waals surface area contributed by atoms with Crippen LogP contribution in [0.5, 0.6) is 0 Å². The normalized spacial score (nSPS) is 14.3. The second kappa shape index (κ2) is 7.97. The number of carbonyl (C=O) groups excluding carboxylic acids is 1. The lowest BCUT2D eigenvalue weighted by Gasteiger charge is -2.19. The molecule has 24 heavy (non-hydrogen) atoms. The molecule has 1 aliphatic rings. The first-order valence-electron chi connectivity index (χ1n) is 8.07. The molecule has 0 atom stereocenters. The van der Waals surface area contributed by atoms with Crippen molar-refractivity contribution in [3.63, 3.8) is 0 Å². The summed E-state index contributed by atoms with van der Waals surface area (Å²) in [6.07, 6.45) is 4.11. The van der Waals surface area contributed by atoms with Crippen molar-refractivity contribution in [3.8, 4) is 0 Å². The highest BCUT2D eigenvalue weighted by molar-refractivity contribution is 7.11. The maximum Gasteiger partial charge on any atom is 0.265 e. The van der Waals surface area contributed by atoms with Crippen LogP contribution in [0.3, 0.4) is 0 Å². The van der Waals surface area contributed by atoms with Crippen LogP contribution in [0.4, 0.5) is 11.4 Å². The molecule has 0 spiro atoms. The Morgan fingerprint density at radius 3 is 2.92 bits per heavy atom. The first-order valence-corrected chi connectivity index (χ1v) is 8.94. The third-order valence-electron chi connectivity index (χ3n) is 3.95. The highest BCUT2D eigenvalue weighted by Gasteiger charge is 2.13. The Morgan fingerprint density at radius 2 is 2.21 bits per heavy atom. The van der Waals surface area contributed by atoms with Gasteiger partial charge in [-0.25, -0.2) is 0 Å². The molecule has 0 saturated carbocycles. The fraction of sp³-hybridized carbons (Fsp3) is 0.333. The maximum absolute atomic E-state index is 11.9. The third kappa shape index (κ3) is 4.35. The summed E-state index contributed by atoms with van der Waals surface area (Å²) in [6.45, 7) is 4.13. The van der Waals surface area contributed by atoms with Gasteiger partial charge in [0.15, 0.2) is 6.61 Å². The van der Waals surface area contributed by atoms with Crippen LogP contribution in [0.25, 0.3) is 0 Å². The molecule has 0 aliphatic carbocycles. The largest absolute Gasteiger partial charge is 0.386 e. The number of carbonyl (C=O) groups is 1. The van der Waals surface area contributed by atoms with Crippen molar-refractivity contribution < 1.29 is 9.63 Å². The van der Waals surface area contributed by atoms with Crippen LogP contribution in [0, 0.1) is 6.92 Å². The van der Waals surface area contributed by atoms with Crippen LogP contribution in [-0.2, 0) is 9.63 Å². The Kier molecular flexibility index (Phi) is 5.48. The summed E-state index contributed by atoms with van der Waals surface area (Å²) in [4.78, 5) is 20.4. The molecule has 2 aromatic rings. The van der Waals surface area contributed by atoms with E-state index in [0.717, 1.165) is 29.2 Å². The summed E-state index contributed by atoms with van der Waals surface area (Å²) in [7, 11) is 0. The predicted octanol–water partition coefficient (Wildman–Crippen LogP) is 3.65. The van der Waals surface area contributed by atoms with Crippen molar-refractivity contribution in [3.05, 3.63) is 46.2 Å². The third-order valence-corrected chi connectivity index (χ3v) is 4.76. The van der Waals surface area contributed by atoms with Crippen molar-refractivity contribution in [1.29, 1.82) is 0 Å². The second-order valence-electron chi connectivity index (χ2n) is 5.76. The molecule has 1 aromatic carbocycles. The molecule has 1 saturated heterocycles. The van der Waals surface area contributed by atoms with E-state index in [4.69, 9.17) is 4.84 Å². The SMILES string of the molecule is Cc1cc(N2CCCC2)ccc1NC(=O)CO/N=C/c1cccs1. The highest BCUT2D eigenvalue weighted by atomic mass is 32.1. The zero-order valence-corrected chi connectivity index (χ0v) is 14.5. The number of aryl methyl sites for hydroxylation is 1. The van der Waals surface area contributed by atoms with Gasteiger partial charge in [-0.15, -0.1) is 11.3 Å². The van der Waals surface area contributed by atoms with E-state index in [2.05, 4.69) is 27.5 Å². The number of hydrogen-bond donors (Lipinski definition) is 1. The van der Waals surface area contributed by atoms with E-state index in [1.807, 2.05) is 30.5 Å². The quantitative estimate of drug-likeness (QED) is 0.643. The summed E-state index contributed by atoms with van der Waals surface area (Å²) >= 11 is 1.56. The van der Waals surface area contributed by atoms with Gasteiger partial charge in [-0.3, -0.25) is 4.79 Å². The lowest BCUT2D eigenvalue weighted by atomic mass is 10.1. The number of hydrogen-bond acceptors (Lipinski definition) is 5. The highest BCUT2D eigenvalue weighted by Crippen LogP contribution is 2.25. The standard InChI is InChI=1S/C18H21N3O2S/c1-14-11-15(21-8-2-3-9-21)6-7-17(14)20-18(22)13-23-19-12-16-5-4-10-24-16/h4-7,10-12H,2-3,8-9,13H2,1H3,(H,20,22)/b19-12+. The van der Waals surface area contributed by atoms with Crippen molar-refractivity contribution in [2.45, 2.75) is 19.8 Å². The fourth-order valence-electron chi connectivity index (χ4n) is 2.70. The Bertz CT molecular complexity index is 707. The first kappa shape index (κ1) is 16.5. The number of amides is 1. The summed E-state index contributed by atoms with van der Waals surface area (Å²) in [5.74, 6) is -0.213. The summed E-state index contributed by atoms with van der Waals surface area (Å²) in [6, 6.07) is 10.0. The number of anilines is 2. The van der Waals surface area contributed by atoms with Gasteiger partial charge in [0, 0.05) is 29.3 Å². The van der Waals surface area contributed by atoms with E-state index in [0.29, 0.717) is 0 Å². The van der Waals surface area contributed by atoms with E-state index in [9.17, 15) is 4.79 Å². The number of benzene rings is 1. The van der Waals surface area contributed by atoms with Gasteiger partial charge in [0.25, 0.3) is 5.91 Å². The van der Waals surface area contributed by atoms with Crippen LogP contribution in [-0.4, -0.2) is 31.8 Å². The summed E-state index contributed by atoms with van der Waals surface area (Å²) < 4.78 is 0.